The number of ether oxygens (including phenoxy) is 2. The molecule has 0 fully saturated rings. The number of rotatable bonds is 4. The molecule has 1 N–H and O–H groups in total. The molecule has 1 rings (SSSR count). The van der Waals surface area contributed by atoms with Gasteiger partial charge in [0.2, 0.25) is 5.76 Å². The number of hydrogen-bond acceptors (Lipinski definition) is 6. The van der Waals surface area contributed by atoms with Gasteiger partial charge in [0.1, 0.15) is 0 Å². The first-order valence-corrected chi connectivity index (χ1v) is 5.71. The molecule has 0 aliphatic heterocycles. The molecule has 2 amide bonds. The van der Waals surface area contributed by atoms with Crippen molar-refractivity contribution < 1.29 is 28.3 Å². The number of carbonyl (C=O) groups is 3. The second-order valence-electron chi connectivity index (χ2n) is 2.95. The van der Waals surface area contributed by atoms with E-state index >= 15 is 0 Å². The van der Waals surface area contributed by atoms with E-state index in [1.807, 2.05) is 5.32 Å². The first-order valence-electron chi connectivity index (χ1n) is 4.92. The van der Waals surface area contributed by atoms with Crippen LogP contribution in [0.5, 0.6) is 0 Å². The Morgan fingerprint density at radius 3 is 2.61 bits per heavy atom. The van der Waals surface area contributed by atoms with Gasteiger partial charge in [0.25, 0.3) is 5.91 Å². The Bertz CT molecular complexity index is 455. The summed E-state index contributed by atoms with van der Waals surface area (Å²) in [4.78, 5) is 33.3. The average Bonchev–Trinajstić information content (AvgIpc) is 2.73. The monoisotopic (exact) mass is 319 g/mol. The van der Waals surface area contributed by atoms with E-state index < -0.39 is 24.6 Å². The largest absolute Gasteiger partial charge is 0.450 e. The molecule has 0 saturated carbocycles. The normalized spacial score (nSPS) is 9.67. The highest BCUT2D eigenvalue weighted by Crippen LogP contribution is 2.14. The summed E-state index contributed by atoms with van der Waals surface area (Å²) in [6.45, 7) is 1.13. The molecule has 18 heavy (non-hydrogen) atoms. The fraction of sp³-hybridized carbons (Fsp3) is 0.300. The molecule has 0 saturated heterocycles. The summed E-state index contributed by atoms with van der Waals surface area (Å²) in [5.41, 5.74) is 0. The highest BCUT2D eigenvalue weighted by molar-refractivity contribution is 9.10. The van der Waals surface area contributed by atoms with Gasteiger partial charge in [0.15, 0.2) is 11.3 Å². The third-order valence-electron chi connectivity index (χ3n) is 1.63. The third-order valence-corrected chi connectivity index (χ3v) is 2.05. The molecule has 0 bridgehead atoms. The highest BCUT2D eigenvalue weighted by atomic mass is 79.9. The molecule has 0 spiro atoms. The topological polar surface area (TPSA) is 94.8 Å². The minimum atomic E-state index is -0.890. The van der Waals surface area contributed by atoms with Crippen LogP contribution in [0.2, 0.25) is 0 Å². The quantitative estimate of drug-likeness (QED) is 0.844. The molecule has 0 aromatic carbocycles. The molecule has 0 aliphatic rings. The Hall–Kier alpha value is -1.83. The maximum atomic E-state index is 11.3. The summed E-state index contributed by atoms with van der Waals surface area (Å²) >= 11 is 3.02. The minimum Gasteiger partial charge on any atom is -0.450 e. The average molecular weight is 320 g/mol. The molecule has 8 heteroatoms. The lowest BCUT2D eigenvalue weighted by Gasteiger charge is -2.04. The zero-order valence-corrected chi connectivity index (χ0v) is 11.0. The summed E-state index contributed by atoms with van der Waals surface area (Å²) in [7, 11) is 0. The van der Waals surface area contributed by atoms with Crippen molar-refractivity contribution >= 4 is 33.9 Å². The van der Waals surface area contributed by atoms with Gasteiger partial charge < -0.3 is 13.9 Å². The van der Waals surface area contributed by atoms with Crippen LogP contribution in [0, 0.1) is 0 Å². The van der Waals surface area contributed by atoms with Crippen molar-refractivity contribution in [3.63, 3.8) is 0 Å². The van der Waals surface area contributed by atoms with Gasteiger partial charge in [-0.25, -0.2) is 9.59 Å². The van der Waals surface area contributed by atoms with Gasteiger partial charge in [-0.2, -0.15) is 0 Å². The van der Waals surface area contributed by atoms with Crippen LogP contribution in [0.3, 0.4) is 0 Å². The van der Waals surface area contributed by atoms with Crippen molar-refractivity contribution in [2.75, 3.05) is 13.2 Å². The van der Waals surface area contributed by atoms with E-state index in [0.717, 1.165) is 0 Å². The second kappa shape index (κ2) is 6.80. The number of carbonyl (C=O) groups excluding carboxylic acids is 3. The van der Waals surface area contributed by atoms with Gasteiger partial charge in [-0.15, -0.1) is 0 Å². The fourth-order valence-corrected chi connectivity index (χ4v) is 1.25. The molecule has 98 valence electrons. The summed E-state index contributed by atoms with van der Waals surface area (Å²) in [6.07, 6.45) is -0.890. The molecule has 0 atom stereocenters. The molecule has 7 nitrogen and oxygen atoms in total. The van der Waals surface area contributed by atoms with Crippen LogP contribution < -0.4 is 5.32 Å². The smallest absolute Gasteiger partial charge is 0.413 e. The summed E-state index contributed by atoms with van der Waals surface area (Å²) in [6, 6.07) is 2.89. The zero-order chi connectivity index (χ0) is 13.5. The van der Waals surface area contributed by atoms with Crippen molar-refractivity contribution in [2.24, 2.45) is 0 Å². The summed E-state index contributed by atoms with van der Waals surface area (Å²) in [5.74, 6) is -1.64. The number of nitrogens with one attached hydrogen (secondary N) is 1. The first kappa shape index (κ1) is 14.2. The van der Waals surface area contributed by atoms with Crippen molar-refractivity contribution in [2.45, 2.75) is 6.92 Å². The lowest BCUT2D eigenvalue weighted by atomic mass is 10.4. The second-order valence-corrected chi connectivity index (χ2v) is 3.73. The molecule has 0 aliphatic carbocycles. The Morgan fingerprint density at radius 2 is 2.06 bits per heavy atom. The minimum absolute atomic E-state index is 0.0502. The van der Waals surface area contributed by atoms with Gasteiger partial charge in [-0.1, -0.05) is 0 Å². The van der Waals surface area contributed by atoms with Crippen LogP contribution in [-0.4, -0.2) is 31.2 Å². The molecular formula is C10H10BrNO6. The molecule has 0 radical (unpaired) electrons. The van der Waals surface area contributed by atoms with E-state index in [1.54, 1.807) is 6.92 Å². The lowest BCUT2D eigenvalue weighted by molar-refractivity contribution is -0.123. The molecule has 1 aromatic rings. The standard InChI is InChI=1S/C10H10BrNO6/c1-2-16-10(15)12-8(13)5-17-9(14)6-3-4-7(11)18-6/h3-4H,2,5H2,1H3,(H,12,13,15). The Balaban J connectivity index is 2.34. The summed E-state index contributed by atoms with van der Waals surface area (Å²) < 4.78 is 14.4. The van der Waals surface area contributed by atoms with Crippen LogP contribution in [0.4, 0.5) is 4.79 Å². The van der Waals surface area contributed by atoms with E-state index in [9.17, 15) is 14.4 Å². The van der Waals surface area contributed by atoms with Crippen LogP contribution in [-0.2, 0) is 14.3 Å². The van der Waals surface area contributed by atoms with E-state index in [-0.39, 0.29) is 12.4 Å². The third kappa shape index (κ3) is 4.58. The Labute approximate surface area is 111 Å². The number of amides is 2. The van der Waals surface area contributed by atoms with Crippen molar-refractivity contribution in [1.29, 1.82) is 0 Å². The molecule has 1 heterocycles. The number of imide groups is 1. The van der Waals surface area contributed by atoms with Gasteiger partial charge in [-0.3, -0.25) is 10.1 Å². The number of halogens is 1. The molecule has 1 aromatic heterocycles. The van der Waals surface area contributed by atoms with Crippen LogP contribution >= 0.6 is 15.9 Å². The van der Waals surface area contributed by atoms with E-state index in [4.69, 9.17) is 4.42 Å². The maximum absolute atomic E-state index is 11.3. The van der Waals surface area contributed by atoms with E-state index in [0.29, 0.717) is 4.67 Å². The maximum Gasteiger partial charge on any atom is 0.413 e. The number of hydrogen-bond donors (Lipinski definition) is 1. The van der Waals surface area contributed by atoms with Gasteiger partial charge in [-0.05, 0) is 35.0 Å². The van der Waals surface area contributed by atoms with Crippen LogP contribution in [0.25, 0.3) is 0 Å². The zero-order valence-electron chi connectivity index (χ0n) is 9.40. The molecular weight excluding hydrogens is 310 g/mol. The van der Waals surface area contributed by atoms with Crippen molar-refractivity contribution in [1.82, 2.24) is 5.32 Å². The fourth-order valence-electron chi connectivity index (χ4n) is 0.943. The predicted octanol–water partition coefficient (Wildman–Crippen LogP) is 1.47. The SMILES string of the molecule is CCOC(=O)NC(=O)COC(=O)c1ccc(Br)o1. The highest BCUT2D eigenvalue weighted by Gasteiger charge is 2.15. The van der Waals surface area contributed by atoms with Gasteiger partial charge >= 0.3 is 12.1 Å². The number of furan rings is 1. The Kier molecular flexibility index (Phi) is 5.37. The lowest BCUT2D eigenvalue weighted by Crippen LogP contribution is -2.34. The van der Waals surface area contributed by atoms with Gasteiger partial charge in [0.05, 0.1) is 6.61 Å². The van der Waals surface area contributed by atoms with Crippen LogP contribution in [0.1, 0.15) is 17.5 Å². The van der Waals surface area contributed by atoms with Gasteiger partial charge in [0, 0.05) is 0 Å². The number of alkyl carbamates (subject to hydrolysis) is 1. The van der Waals surface area contributed by atoms with Crippen molar-refractivity contribution in [3.05, 3.63) is 22.6 Å². The van der Waals surface area contributed by atoms with Crippen LogP contribution in [0.15, 0.2) is 21.2 Å². The Morgan fingerprint density at radius 1 is 1.33 bits per heavy atom. The van der Waals surface area contributed by atoms with E-state index in [2.05, 4.69) is 25.4 Å². The molecule has 0 unspecified atom stereocenters. The summed E-state index contributed by atoms with van der Waals surface area (Å²) in [5, 5.41) is 1.88. The predicted molar refractivity (Wildman–Crippen MR) is 61.9 cm³/mol. The van der Waals surface area contributed by atoms with Crippen molar-refractivity contribution in [3.8, 4) is 0 Å². The number of esters is 1. The first-order chi connectivity index (χ1) is 8.52. The van der Waals surface area contributed by atoms with E-state index in [1.165, 1.54) is 12.1 Å².